The van der Waals surface area contributed by atoms with Crippen LogP contribution in [0.5, 0.6) is 0 Å². The van der Waals surface area contributed by atoms with Crippen LogP contribution in [0, 0.1) is 139 Å². The van der Waals surface area contributed by atoms with E-state index in [1.807, 2.05) is 84.0 Å². The van der Waals surface area contributed by atoms with Crippen LogP contribution in [0.1, 0.15) is 26.7 Å². The van der Waals surface area contributed by atoms with Crippen LogP contribution in [0.15, 0.2) is 0 Å². The average molecular weight is 482 g/mol. The van der Waals surface area contributed by atoms with Gasteiger partial charge in [-0.15, -0.1) is 0 Å². The van der Waals surface area contributed by atoms with E-state index in [0.717, 1.165) is 12.3 Å². The summed E-state index contributed by atoms with van der Waals surface area (Å²) in [6, 6.07) is 0. The molecule has 20 radical (unpaired) electrons. The maximum Gasteiger partial charge on any atom is 2.00 e. The van der Waals surface area contributed by atoms with Gasteiger partial charge in [-0.2, -0.15) is 0 Å². The van der Waals surface area contributed by atoms with Gasteiger partial charge in [0.1, 0.15) is 5.78 Å². The minimum Gasteiger partial charge on any atom is -0.299 e. The van der Waals surface area contributed by atoms with Crippen LogP contribution < -0.4 is 0 Å². The summed E-state index contributed by atoms with van der Waals surface area (Å²) in [5.74, 6) is 3.10. The molecule has 4 aliphatic rings. The molecule has 0 aromatic heterocycles. The van der Waals surface area contributed by atoms with E-state index in [-0.39, 0.29) is 40.1 Å². The standard InChI is InChI=1S/C17H20O.2C5H5.2Fe/c1-3-15(13-9-5-6-10-13)17(16(18)4-2)14-11-7-8-12-14;2*1-2-4-5-3-1;;/h5-12,15,17H,3-4H2,1-2H3;2*1-5H;;/q;;;2*+2/t15-,17+;;;;/m0..../s1. The summed E-state index contributed by atoms with van der Waals surface area (Å²) >= 11 is 0. The first kappa shape index (κ1) is 30.7. The van der Waals surface area contributed by atoms with E-state index in [0.29, 0.717) is 18.1 Å². The number of hydrogen-bond donors (Lipinski definition) is 0. The van der Waals surface area contributed by atoms with Gasteiger partial charge in [-0.3, -0.25) is 4.79 Å². The maximum atomic E-state index is 12.3. The Morgan fingerprint density at radius 2 is 0.933 bits per heavy atom. The Hall–Kier alpha value is 0.709. The molecule has 30 heavy (non-hydrogen) atoms. The minimum atomic E-state index is 0. The zero-order chi connectivity index (χ0) is 20.0. The first-order valence-corrected chi connectivity index (χ1v) is 10.1. The SMILES string of the molecule is CCC(=O)[C@H]([C]1[CH][CH][CH][CH]1)[C@@H](CC)[C]1[CH][CH][CH][CH]1.[CH]1[CH][CH][CH][CH]1.[CH]1[CH][CH][CH][CH]1.[Fe+2].[Fe+2]. The second kappa shape index (κ2) is 19.2. The molecule has 0 bridgehead atoms. The normalized spacial score (nSPS) is 23.3. The zero-order valence-electron chi connectivity index (χ0n) is 17.6. The summed E-state index contributed by atoms with van der Waals surface area (Å²) in [4.78, 5) is 12.3. The summed E-state index contributed by atoms with van der Waals surface area (Å²) in [5, 5.41) is 0. The van der Waals surface area contributed by atoms with Gasteiger partial charge < -0.3 is 0 Å². The summed E-state index contributed by atoms with van der Waals surface area (Å²) in [6.45, 7) is 4.12. The number of Topliss-reactive ketones (excluding diaryl/α,β-unsaturated/α-hetero) is 1. The Balaban J connectivity index is 0.000000575. The number of carbonyl (C=O) groups is 1. The largest absolute Gasteiger partial charge is 2.00 e. The van der Waals surface area contributed by atoms with E-state index in [1.165, 1.54) is 5.92 Å². The molecule has 0 amide bonds. The van der Waals surface area contributed by atoms with Crippen LogP contribution >= 0.6 is 0 Å². The second-order valence-electron chi connectivity index (χ2n) is 6.67. The Morgan fingerprint density at radius 3 is 1.23 bits per heavy atom. The Labute approximate surface area is 210 Å². The predicted molar refractivity (Wildman–Crippen MR) is 116 cm³/mol. The fourth-order valence-electron chi connectivity index (χ4n) is 3.40. The molecule has 0 heterocycles. The van der Waals surface area contributed by atoms with Crippen molar-refractivity contribution in [2.75, 3.05) is 0 Å². The van der Waals surface area contributed by atoms with Crippen molar-refractivity contribution in [3.05, 3.63) is 127 Å². The average Bonchev–Trinajstić information content (AvgIpc) is 3.56. The van der Waals surface area contributed by atoms with Crippen LogP contribution in [0.4, 0.5) is 0 Å². The summed E-state index contributed by atoms with van der Waals surface area (Å²) in [7, 11) is 0. The molecule has 2 atom stereocenters. The number of hydrogen-bond acceptors (Lipinski definition) is 1. The third-order valence-corrected chi connectivity index (χ3v) is 4.81. The van der Waals surface area contributed by atoms with Gasteiger partial charge in [0.25, 0.3) is 0 Å². The van der Waals surface area contributed by atoms with Crippen LogP contribution in [-0.2, 0) is 38.9 Å². The van der Waals surface area contributed by atoms with Crippen molar-refractivity contribution in [1.29, 1.82) is 0 Å². The van der Waals surface area contributed by atoms with Crippen molar-refractivity contribution in [1.82, 2.24) is 0 Å². The topological polar surface area (TPSA) is 17.1 Å². The molecule has 4 aliphatic carbocycles. The molecular weight excluding hydrogens is 452 g/mol. The van der Waals surface area contributed by atoms with E-state index in [2.05, 4.69) is 45.4 Å². The molecule has 4 rings (SSSR count). The van der Waals surface area contributed by atoms with Crippen LogP contribution in [0.25, 0.3) is 0 Å². The third-order valence-electron chi connectivity index (χ3n) is 4.81. The van der Waals surface area contributed by atoms with Crippen molar-refractivity contribution >= 4 is 5.78 Å². The number of ketones is 1. The van der Waals surface area contributed by atoms with Gasteiger partial charge in [0, 0.05) is 12.3 Å². The maximum absolute atomic E-state index is 12.3. The third kappa shape index (κ3) is 11.0. The molecule has 4 saturated carbocycles. The molecule has 0 saturated heterocycles. The molecular formula is C27H30Fe2O+4. The van der Waals surface area contributed by atoms with E-state index < -0.39 is 0 Å². The van der Waals surface area contributed by atoms with Crippen molar-refractivity contribution in [3.8, 4) is 0 Å². The molecule has 156 valence electrons. The second-order valence-corrected chi connectivity index (χ2v) is 6.67. The molecule has 0 unspecified atom stereocenters. The molecule has 4 fully saturated rings. The van der Waals surface area contributed by atoms with Gasteiger partial charge in [-0.25, -0.2) is 0 Å². The molecule has 0 spiro atoms. The van der Waals surface area contributed by atoms with Gasteiger partial charge in [-0.05, 0) is 133 Å². The molecule has 1 nitrogen and oxygen atoms in total. The van der Waals surface area contributed by atoms with Crippen LogP contribution in [-0.4, -0.2) is 5.78 Å². The Morgan fingerprint density at radius 1 is 0.600 bits per heavy atom. The fraction of sp³-hybridized carbons (Fsp3) is 0.222. The zero-order valence-corrected chi connectivity index (χ0v) is 19.8. The first-order chi connectivity index (χ1) is 13.8. The Bertz CT molecular complexity index is 366. The van der Waals surface area contributed by atoms with Gasteiger partial charge in [0.2, 0.25) is 0 Å². The van der Waals surface area contributed by atoms with Crippen LogP contribution in [0.3, 0.4) is 0 Å². The van der Waals surface area contributed by atoms with E-state index >= 15 is 0 Å². The molecule has 0 aromatic rings. The summed E-state index contributed by atoms with van der Waals surface area (Å²) < 4.78 is 0. The van der Waals surface area contributed by atoms with Crippen molar-refractivity contribution in [2.45, 2.75) is 26.7 Å². The van der Waals surface area contributed by atoms with E-state index in [1.54, 1.807) is 0 Å². The van der Waals surface area contributed by atoms with Crippen molar-refractivity contribution < 1.29 is 38.9 Å². The number of rotatable bonds is 6. The molecule has 0 aromatic carbocycles. The van der Waals surface area contributed by atoms with Gasteiger partial charge in [-0.1, -0.05) is 20.3 Å². The smallest absolute Gasteiger partial charge is 0.299 e. The van der Waals surface area contributed by atoms with Crippen molar-refractivity contribution in [2.24, 2.45) is 11.8 Å². The van der Waals surface area contributed by atoms with Gasteiger partial charge >= 0.3 is 34.1 Å². The summed E-state index contributed by atoms with van der Waals surface area (Å²) in [5.41, 5.74) is 0. The molecule has 3 heteroatoms. The van der Waals surface area contributed by atoms with E-state index in [9.17, 15) is 4.79 Å². The van der Waals surface area contributed by atoms with Crippen LogP contribution in [0.2, 0.25) is 0 Å². The Kier molecular flexibility index (Phi) is 19.7. The predicted octanol–water partition coefficient (Wildman–Crippen LogP) is 5.46. The fourth-order valence-corrected chi connectivity index (χ4v) is 3.40. The molecule has 0 aliphatic heterocycles. The molecule has 0 N–H and O–H groups in total. The van der Waals surface area contributed by atoms with Gasteiger partial charge in [0.15, 0.2) is 0 Å². The van der Waals surface area contributed by atoms with Gasteiger partial charge in [0.05, 0.1) is 0 Å². The minimum absolute atomic E-state index is 0. The number of carbonyl (C=O) groups excluding carboxylic acids is 1. The first-order valence-electron chi connectivity index (χ1n) is 10.1. The quantitative estimate of drug-likeness (QED) is 0.460. The van der Waals surface area contributed by atoms with E-state index in [4.69, 9.17) is 0 Å². The van der Waals surface area contributed by atoms with Crippen molar-refractivity contribution in [3.63, 3.8) is 0 Å². The monoisotopic (exact) mass is 482 g/mol. The summed E-state index contributed by atoms with van der Waals surface area (Å²) in [6.07, 6.45) is 38.1.